The number of hydrogen-bond acceptors (Lipinski definition) is 12. The van der Waals surface area contributed by atoms with Gasteiger partial charge in [-0.15, -0.1) is 0 Å². The Kier molecular flexibility index (Phi) is 6.68. The molecule has 0 amide bonds. The number of imidazole rings is 1. The monoisotopic (exact) mass is 503 g/mol. The van der Waals surface area contributed by atoms with E-state index in [0.29, 0.717) is 11.2 Å². The molecule has 0 aliphatic carbocycles. The van der Waals surface area contributed by atoms with Gasteiger partial charge in [-0.1, -0.05) is 0 Å². The zero-order valence-electron chi connectivity index (χ0n) is 15.1. The summed E-state index contributed by atoms with van der Waals surface area (Å²) in [6.45, 7) is -0.602. The third-order valence-electron chi connectivity index (χ3n) is 3.60. The quantitative estimate of drug-likeness (QED) is 0.244. The molecular formula is C11H16N5O12P3. The first-order chi connectivity index (χ1) is 14.3. The van der Waals surface area contributed by atoms with Gasteiger partial charge in [-0.3, -0.25) is 9.09 Å². The van der Waals surface area contributed by atoms with Crippen molar-refractivity contribution in [2.75, 3.05) is 12.3 Å². The lowest BCUT2D eigenvalue weighted by Gasteiger charge is -2.18. The summed E-state index contributed by atoms with van der Waals surface area (Å²) in [6, 6.07) is 0. The van der Waals surface area contributed by atoms with Gasteiger partial charge in [-0.05, 0) is 6.08 Å². The van der Waals surface area contributed by atoms with Gasteiger partial charge in [0.2, 0.25) is 6.23 Å². The maximum absolute atomic E-state index is 11.7. The Morgan fingerprint density at radius 3 is 2.48 bits per heavy atom. The Balaban J connectivity index is 1.58. The smallest absolute Gasteiger partial charge is 0.471 e. The van der Waals surface area contributed by atoms with E-state index in [1.807, 2.05) is 0 Å². The van der Waals surface area contributed by atoms with E-state index in [0.717, 1.165) is 0 Å². The molecule has 2 aromatic heterocycles. The van der Waals surface area contributed by atoms with Crippen LogP contribution in [0.25, 0.3) is 11.2 Å². The minimum absolute atomic E-state index is 0.125. The van der Waals surface area contributed by atoms with Crippen LogP contribution in [0.4, 0.5) is 5.82 Å². The number of aliphatic hydroxyl groups is 1. The van der Waals surface area contributed by atoms with Crippen LogP contribution in [0.15, 0.2) is 24.5 Å². The average Bonchev–Trinajstić information content (AvgIpc) is 3.15. The van der Waals surface area contributed by atoms with E-state index < -0.39 is 42.4 Å². The number of phosphoric ester groups is 1. The lowest BCUT2D eigenvalue weighted by atomic mass is 10.3. The van der Waals surface area contributed by atoms with Gasteiger partial charge in [0.15, 0.2) is 11.5 Å². The average molecular weight is 503 g/mol. The van der Waals surface area contributed by atoms with Crippen LogP contribution in [0, 0.1) is 0 Å². The molecule has 0 aromatic carbocycles. The molecule has 7 N–H and O–H groups in total. The zero-order valence-corrected chi connectivity index (χ0v) is 17.8. The first-order valence-corrected chi connectivity index (χ1v) is 12.6. The highest BCUT2D eigenvalue weighted by atomic mass is 31.3. The van der Waals surface area contributed by atoms with E-state index in [1.165, 1.54) is 23.3 Å². The van der Waals surface area contributed by atoms with E-state index in [9.17, 15) is 23.7 Å². The maximum atomic E-state index is 11.7. The maximum Gasteiger partial charge on any atom is 0.490 e. The van der Waals surface area contributed by atoms with Gasteiger partial charge in [0.1, 0.15) is 30.0 Å². The topological polar surface area (TPSA) is 259 Å². The normalized spacial score (nSPS) is 23.2. The molecule has 1 aliphatic heterocycles. The molecule has 172 valence electrons. The molecule has 20 heteroatoms. The van der Waals surface area contributed by atoms with Crippen molar-refractivity contribution in [1.82, 2.24) is 19.5 Å². The number of nitrogens with two attached hydrogens (primary N) is 1. The summed E-state index contributed by atoms with van der Waals surface area (Å²) >= 11 is 0. The van der Waals surface area contributed by atoms with Crippen molar-refractivity contribution < 1.29 is 56.3 Å². The van der Waals surface area contributed by atoms with Gasteiger partial charge in [0, 0.05) is 6.42 Å². The van der Waals surface area contributed by atoms with Crippen LogP contribution in [0.1, 0.15) is 12.6 Å². The summed E-state index contributed by atoms with van der Waals surface area (Å²) in [6.07, 6.45) is 1.47. The molecule has 0 spiro atoms. The first kappa shape index (κ1) is 23.9. The lowest BCUT2D eigenvalue weighted by molar-refractivity contribution is -0.00104. The molecule has 31 heavy (non-hydrogen) atoms. The van der Waals surface area contributed by atoms with Crippen LogP contribution < -0.4 is 5.73 Å². The molecule has 3 heterocycles. The van der Waals surface area contributed by atoms with E-state index in [1.54, 1.807) is 0 Å². The Morgan fingerprint density at radius 2 is 1.81 bits per heavy atom. The molecule has 0 saturated heterocycles. The summed E-state index contributed by atoms with van der Waals surface area (Å²) in [5.41, 5.74) is 6.28. The van der Waals surface area contributed by atoms with Gasteiger partial charge in [-0.2, -0.15) is 8.62 Å². The number of anilines is 1. The second-order valence-corrected chi connectivity index (χ2v) is 10.3. The van der Waals surface area contributed by atoms with Crippen molar-refractivity contribution in [2.45, 2.75) is 18.8 Å². The van der Waals surface area contributed by atoms with Gasteiger partial charge < -0.3 is 35.2 Å². The highest BCUT2D eigenvalue weighted by Crippen LogP contribution is 2.66. The van der Waals surface area contributed by atoms with Crippen molar-refractivity contribution in [2.24, 2.45) is 0 Å². The minimum Gasteiger partial charge on any atom is -0.471 e. The van der Waals surface area contributed by atoms with E-state index >= 15 is 0 Å². The van der Waals surface area contributed by atoms with Crippen LogP contribution in [-0.4, -0.2) is 56.9 Å². The largest absolute Gasteiger partial charge is 0.490 e. The predicted octanol–water partition coefficient (Wildman–Crippen LogP) is -0.0845. The lowest BCUT2D eigenvalue weighted by Crippen LogP contribution is -2.19. The van der Waals surface area contributed by atoms with Crippen LogP contribution >= 0.6 is 23.5 Å². The van der Waals surface area contributed by atoms with E-state index in [4.69, 9.17) is 25.2 Å². The number of phosphoric acid groups is 3. The fraction of sp³-hybridized carbons (Fsp3) is 0.364. The van der Waals surface area contributed by atoms with E-state index in [-0.39, 0.29) is 18.0 Å². The molecule has 1 aliphatic rings. The van der Waals surface area contributed by atoms with Gasteiger partial charge in [0.25, 0.3) is 0 Å². The molecule has 4 atom stereocenters. The second-order valence-electron chi connectivity index (χ2n) is 5.89. The highest BCUT2D eigenvalue weighted by molar-refractivity contribution is 7.66. The molecule has 2 unspecified atom stereocenters. The third-order valence-corrected chi connectivity index (χ3v) is 7.44. The van der Waals surface area contributed by atoms with Crippen LogP contribution in [0.5, 0.6) is 0 Å². The number of fused-ring (bicyclic) bond motifs is 1. The molecular weight excluding hydrogens is 487 g/mol. The molecule has 3 rings (SSSR count). The van der Waals surface area contributed by atoms with Gasteiger partial charge in [0.05, 0.1) is 6.61 Å². The zero-order chi connectivity index (χ0) is 23.0. The SMILES string of the molecule is Nc1ncnc2c1ncn2[C@@H]1OC(CCOP(=O)(O)OP(=O)(O)OP(=O)(O)O)=C[C@H]1O. The molecule has 17 nitrogen and oxygen atoms in total. The fourth-order valence-corrected chi connectivity index (χ4v) is 5.54. The first-order valence-electron chi connectivity index (χ1n) is 8.03. The van der Waals surface area contributed by atoms with Gasteiger partial charge in [-0.25, -0.2) is 28.6 Å². The second kappa shape index (κ2) is 8.65. The minimum atomic E-state index is -5.60. The standard InChI is InChI=1S/C11H16N5O12P3/c12-9-8-10(14-4-13-9)16(5-15-8)11-7(17)3-6(26-11)1-2-25-30(21,22)28-31(23,24)27-29(18,19)20/h3-5,7,11,17H,1-2H2,(H,21,22)(H,23,24)(H2,12,13,14)(H2,18,19,20)/t7-,11-/m1/s1. The number of nitrogens with zero attached hydrogens (tertiary/aromatic N) is 4. The summed E-state index contributed by atoms with van der Waals surface area (Å²) < 4.78 is 52.1. The summed E-state index contributed by atoms with van der Waals surface area (Å²) in [5.74, 6) is 0.250. The van der Waals surface area contributed by atoms with Crippen molar-refractivity contribution in [1.29, 1.82) is 0 Å². The summed E-state index contributed by atoms with van der Waals surface area (Å²) in [5, 5.41) is 10.2. The third kappa shape index (κ3) is 6.16. The fourth-order valence-electron chi connectivity index (χ4n) is 2.52. The van der Waals surface area contributed by atoms with E-state index in [2.05, 4.69) is 28.1 Å². The van der Waals surface area contributed by atoms with Crippen molar-refractivity contribution >= 4 is 40.4 Å². The summed E-state index contributed by atoms with van der Waals surface area (Å²) in [7, 11) is -16.3. The Bertz CT molecular complexity index is 1150. The van der Waals surface area contributed by atoms with Crippen molar-refractivity contribution in [3.05, 3.63) is 24.5 Å². The number of aromatic nitrogens is 4. The molecule has 2 aromatic rings. The number of hydrogen-bond donors (Lipinski definition) is 6. The number of nitrogen functional groups attached to an aromatic ring is 1. The Labute approximate surface area is 172 Å². The van der Waals surface area contributed by atoms with Crippen LogP contribution in [-0.2, 0) is 31.6 Å². The number of aliphatic hydroxyl groups excluding tert-OH is 1. The molecule has 0 saturated carbocycles. The highest BCUT2D eigenvalue weighted by Gasteiger charge is 2.40. The predicted molar refractivity (Wildman–Crippen MR) is 98.4 cm³/mol. The molecule has 0 bridgehead atoms. The Morgan fingerprint density at radius 1 is 1.10 bits per heavy atom. The molecule has 0 radical (unpaired) electrons. The molecule has 0 fully saturated rings. The summed E-state index contributed by atoms with van der Waals surface area (Å²) in [4.78, 5) is 47.3. The van der Waals surface area contributed by atoms with Crippen molar-refractivity contribution in [3.8, 4) is 0 Å². The number of rotatable bonds is 9. The van der Waals surface area contributed by atoms with Crippen LogP contribution in [0.3, 0.4) is 0 Å². The van der Waals surface area contributed by atoms with Gasteiger partial charge >= 0.3 is 23.5 Å². The van der Waals surface area contributed by atoms with Crippen LogP contribution in [0.2, 0.25) is 0 Å². The number of ether oxygens (including phenoxy) is 1. The van der Waals surface area contributed by atoms with Crippen molar-refractivity contribution in [3.63, 3.8) is 0 Å². The Hall–Kier alpha value is -1.74.